The molecule has 0 amide bonds. The van der Waals surface area contributed by atoms with Gasteiger partial charge in [0.1, 0.15) is 11.6 Å². The van der Waals surface area contributed by atoms with Crippen molar-refractivity contribution in [1.82, 2.24) is 15.0 Å². The minimum atomic E-state index is -0.203. The van der Waals surface area contributed by atoms with Crippen LogP contribution in [0.4, 0.5) is 21.8 Å². The van der Waals surface area contributed by atoms with E-state index in [-0.39, 0.29) is 5.82 Å². The van der Waals surface area contributed by atoms with E-state index in [4.69, 9.17) is 4.98 Å². The summed E-state index contributed by atoms with van der Waals surface area (Å²) in [7, 11) is 0. The minimum absolute atomic E-state index is 0.203. The number of halogens is 1. The van der Waals surface area contributed by atoms with Gasteiger partial charge in [-0.15, -0.1) is 0 Å². The number of nitrogens with one attached hydrogen (secondary N) is 1. The van der Waals surface area contributed by atoms with Crippen LogP contribution in [0.15, 0.2) is 54.9 Å². The van der Waals surface area contributed by atoms with Gasteiger partial charge in [-0.2, -0.15) is 4.98 Å². The first kappa shape index (κ1) is 18.2. The third kappa shape index (κ3) is 4.36. The quantitative estimate of drug-likeness (QED) is 0.736. The fourth-order valence-electron chi connectivity index (χ4n) is 3.32. The van der Waals surface area contributed by atoms with Gasteiger partial charge in [-0.3, -0.25) is 4.98 Å². The van der Waals surface area contributed by atoms with Crippen molar-refractivity contribution < 1.29 is 4.39 Å². The maximum absolute atomic E-state index is 13.1. The lowest BCUT2D eigenvalue weighted by Crippen LogP contribution is -2.46. The van der Waals surface area contributed by atoms with Gasteiger partial charge in [0, 0.05) is 62.6 Å². The number of anilines is 3. The summed E-state index contributed by atoms with van der Waals surface area (Å²) in [6.45, 7) is 6.10. The fraction of sp³-hybridized carbons (Fsp3) is 0.286. The van der Waals surface area contributed by atoms with Gasteiger partial charge in [0.25, 0.3) is 0 Å². The number of hydrogen-bond donors (Lipinski definition) is 1. The van der Waals surface area contributed by atoms with Crippen molar-refractivity contribution in [3.8, 4) is 0 Å². The highest BCUT2D eigenvalue weighted by molar-refractivity contribution is 5.50. The number of aryl methyl sites for hydroxylation is 1. The summed E-state index contributed by atoms with van der Waals surface area (Å²) < 4.78 is 13.1. The molecule has 0 radical (unpaired) electrons. The second-order valence-electron chi connectivity index (χ2n) is 6.85. The van der Waals surface area contributed by atoms with Crippen molar-refractivity contribution in [2.24, 2.45) is 0 Å². The summed E-state index contributed by atoms with van der Waals surface area (Å²) in [5.74, 6) is 1.36. The predicted molar refractivity (Wildman–Crippen MR) is 109 cm³/mol. The van der Waals surface area contributed by atoms with Gasteiger partial charge in [0.05, 0.1) is 0 Å². The zero-order valence-corrected chi connectivity index (χ0v) is 15.8. The zero-order valence-electron chi connectivity index (χ0n) is 15.8. The van der Waals surface area contributed by atoms with E-state index in [1.165, 1.54) is 12.1 Å². The molecule has 6 nitrogen and oxygen atoms in total. The molecule has 3 aromatic rings. The van der Waals surface area contributed by atoms with Crippen LogP contribution in [0.25, 0.3) is 0 Å². The lowest BCUT2D eigenvalue weighted by molar-refractivity contribution is 0.624. The Bertz CT molecular complexity index is 908. The first-order chi connectivity index (χ1) is 13.7. The van der Waals surface area contributed by atoms with Gasteiger partial charge in [-0.25, -0.2) is 9.37 Å². The molecule has 28 heavy (non-hydrogen) atoms. The van der Waals surface area contributed by atoms with Crippen molar-refractivity contribution in [2.45, 2.75) is 13.5 Å². The molecular formula is C21H23FN6. The Morgan fingerprint density at radius 1 is 0.929 bits per heavy atom. The van der Waals surface area contributed by atoms with Crippen LogP contribution in [0.5, 0.6) is 0 Å². The summed E-state index contributed by atoms with van der Waals surface area (Å²) in [5, 5.41) is 3.30. The lowest BCUT2D eigenvalue weighted by Gasteiger charge is -2.36. The normalized spacial score (nSPS) is 14.2. The smallest absolute Gasteiger partial charge is 0.225 e. The van der Waals surface area contributed by atoms with E-state index in [0.717, 1.165) is 48.9 Å². The molecule has 1 fully saturated rings. The summed E-state index contributed by atoms with van der Waals surface area (Å²) in [6, 6.07) is 12.6. The molecule has 1 aliphatic heterocycles. The summed E-state index contributed by atoms with van der Waals surface area (Å²) in [4.78, 5) is 17.8. The fourth-order valence-corrected chi connectivity index (χ4v) is 3.32. The van der Waals surface area contributed by atoms with Crippen LogP contribution < -0.4 is 15.1 Å². The van der Waals surface area contributed by atoms with Crippen molar-refractivity contribution in [1.29, 1.82) is 0 Å². The molecule has 0 saturated carbocycles. The van der Waals surface area contributed by atoms with Gasteiger partial charge in [0.15, 0.2) is 0 Å². The number of rotatable bonds is 5. The Morgan fingerprint density at radius 2 is 1.61 bits per heavy atom. The SMILES string of the molecule is Cc1cc(N2CCN(c3ccc(F)cc3)CC2)nc(NCc2ccncc2)n1. The average molecular weight is 378 g/mol. The van der Waals surface area contributed by atoms with Crippen LogP contribution in [0, 0.1) is 12.7 Å². The number of nitrogens with zero attached hydrogens (tertiary/aromatic N) is 5. The topological polar surface area (TPSA) is 57.2 Å². The number of benzene rings is 1. The van der Waals surface area contributed by atoms with Gasteiger partial charge in [-0.05, 0) is 48.9 Å². The molecule has 0 unspecified atom stereocenters. The molecule has 7 heteroatoms. The van der Waals surface area contributed by atoms with Gasteiger partial charge in [0.2, 0.25) is 5.95 Å². The van der Waals surface area contributed by atoms with Crippen molar-refractivity contribution in [2.75, 3.05) is 41.3 Å². The predicted octanol–water partition coefficient (Wildman–Crippen LogP) is 3.26. The zero-order chi connectivity index (χ0) is 19.3. The number of pyridine rings is 1. The van der Waals surface area contributed by atoms with E-state index in [2.05, 4.69) is 25.1 Å². The first-order valence-corrected chi connectivity index (χ1v) is 9.41. The van der Waals surface area contributed by atoms with Crippen molar-refractivity contribution in [3.63, 3.8) is 0 Å². The minimum Gasteiger partial charge on any atom is -0.368 e. The maximum Gasteiger partial charge on any atom is 0.225 e. The van der Waals surface area contributed by atoms with Crippen LogP contribution in [0.1, 0.15) is 11.3 Å². The van der Waals surface area contributed by atoms with E-state index >= 15 is 0 Å². The van der Waals surface area contributed by atoms with Gasteiger partial charge < -0.3 is 15.1 Å². The second-order valence-corrected chi connectivity index (χ2v) is 6.85. The third-order valence-corrected chi connectivity index (χ3v) is 4.84. The number of aromatic nitrogens is 3. The standard InChI is InChI=1S/C21H23FN6/c1-16-14-20(26-21(25-16)24-15-17-6-8-23-9-7-17)28-12-10-27(11-13-28)19-4-2-18(22)3-5-19/h2-9,14H,10-13,15H2,1H3,(H,24,25,26). The lowest BCUT2D eigenvalue weighted by atomic mass is 10.2. The van der Waals surface area contributed by atoms with Gasteiger partial charge in [-0.1, -0.05) is 0 Å². The van der Waals surface area contributed by atoms with Crippen LogP contribution in [0.2, 0.25) is 0 Å². The van der Waals surface area contributed by atoms with E-state index in [9.17, 15) is 4.39 Å². The number of hydrogen-bond acceptors (Lipinski definition) is 6. The second kappa shape index (κ2) is 8.21. The summed E-state index contributed by atoms with van der Waals surface area (Å²) in [5.41, 5.74) is 3.12. The third-order valence-electron chi connectivity index (χ3n) is 4.84. The molecule has 144 valence electrons. The van der Waals surface area contributed by atoms with Crippen molar-refractivity contribution >= 4 is 17.5 Å². The van der Waals surface area contributed by atoms with E-state index in [1.807, 2.05) is 37.3 Å². The number of piperazine rings is 1. The Hall–Kier alpha value is -3.22. The van der Waals surface area contributed by atoms with Crippen molar-refractivity contribution in [3.05, 3.63) is 71.9 Å². The Kier molecular flexibility index (Phi) is 5.32. The van der Waals surface area contributed by atoms with E-state index in [1.54, 1.807) is 12.4 Å². The van der Waals surface area contributed by atoms with Crippen LogP contribution in [-0.2, 0) is 6.54 Å². The molecule has 0 aliphatic carbocycles. The molecule has 0 spiro atoms. The molecule has 1 aromatic carbocycles. The summed E-state index contributed by atoms with van der Waals surface area (Å²) in [6.07, 6.45) is 3.56. The Morgan fingerprint density at radius 3 is 2.32 bits per heavy atom. The molecule has 1 N–H and O–H groups in total. The highest BCUT2D eigenvalue weighted by atomic mass is 19.1. The van der Waals surface area contributed by atoms with Crippen LogP contribution in [0.3, 0.4) is 0 Å². The Labute approximate surface area is 164 Å². The highest BCUT2D eigenvalue weighted by Crippen LogP contribution is 2.21. The van der Waals surface area contributed by atoms with Gasteiger partial charge >= 0.3 is 0 Å². The largest absolute Gasteiger partial charge is 0.368 e. The maximum atomic E-state index is 13.1. The molecule has 1 aliphatic rings. The monoisotopic (exact) mass is 378 g/mol. The molecule has 4 rings (SSSR count). The molecule has 0 bridgehead atoms. The summed E-state index contributed by atoms with van der Waals surface area (Å²) >= 11 is 0. The molecule has 1 saturated heterocycles. The Balaban J connectivity index is 1.40. The average Bonchev–Trinajstić information content (AvgIpc) is 2.73. The van der Waals surface area contributed by atoms with E-state index < -0.39 is 0 Å². The molecule has 3 heterocycles. The molecule has 0 atom stereocenters. The molecule has 2 aromatic heterocycles. The van der Waals surface area contributed by atoms with Crippen LogP contribution >= 0.6 is 0 Å². The first-order valence-electron chi connectivity index (χ1n) is 9.41. The highest BCUT2D eigenvalue weighted by Gasteiger charge is 2.19. The van der Waals surface area contributed by atoms with E-state index in [0.29, 0.717) is 12.5 Å². The molecular weight excluding hydrogens is 355 g/mol. The van der Waals surface area contributed by atoms with Crippen LogP contribution in [-0.4, -0.2) is 41.1 Å².